The van der Waals surface area contributed by atoms with Gasteiger partial charge in [-0.05, 0) is 26.3 Å². The first kappa shape index (κ1) is 11.4. The lowest BCUT2D eigenvalue weighted by Gasteiger charge is -2.24. The second kappa shape index (κ2) is 5.92. The summed E-state index contributed by atoms with van der Waals surface area (Å²) < 4.78 is 0. The molecule has 0 amide bonds. The van der Waals surface area contributed by atoms with Crippen molar-refractivity contribution in [2.75, 3.05) is 7.05 Å². The Morgan fingerprint density at radius 1 is 1.38 bits per heavy atom. The zero-order chi connectivity index (χ0) is 9.68. The highest BCUT2D eigenvalue weighted by atomic mass is 32.2. The molecule has 0 aromatic rings. The van der Waals surface area contributed by atoms with E-state index >= 15 is 0 Å². The minimum absolute atomic E-state index is 0.700. The van der Waals surface area contributed by atoms with Crippen molar-refractivity contribution in [2.24, 2.45) is 0 Å². The van der Waals surface area contributed by atoms with Crippen LogP contribution in [0.5, 0.6) is 0 Å². The van der Waals surface area contributed by atoms with Crippen LogP contribution in [0.1, 0.15) is 46.0 Å². The summed E-state index contributed by atoms with van der Waals surface area (Å²) in [4.78, 5) is 0. The summed E-state index contributed by atoms with van der Waals surface area (Å²) in [6.07, 6.45) is 7.07. The lowest BCUT2D eigenvalue weighted by molar-refractivity contribution is 0.540. The van der Waals surface area contributed by atoms with Gasteiger partial charge in [0.2, 0.25) is 0 Å². The van der Waals surface area contributed by atoms with E-state index in [9.17, 15) is 0 Å². The third kappa shape index (κ3) is 3.51. The van der Waals surface area contributed by atoms with Crippen LogP contribution in [0.25, 0.3) is 0 Å². The van der Waals surface area contributed by atoms with Gasteiger partial charge in [-0.3, -0.25) is 0 Å². The maximum Gasteiger partial charge on any atom is 0.0178 e. The molecule has 0 radical (unpaired) electrons. The van der Waals surface area contributed by atoms with E-state index in [1.54, 1.807) is 0 Å². The van der Waals surface area contributed by atoms with E-state index in [4.69, 9.17) is 0 Å². The fourth-order valence-electron chi connectivity index (χ4n) is 2.19. The molecule has 1 saturated carbocycles. The third-order valence-electron chi connectivity index (χ3n) is 3.09. The highest BCUT2D eigenvalue weighted by molar-refractivity contribution is 8.00. The Morgan fingerprint density at radius 3 is 2.46 bits per heavy atom. The van der Waals surface area contributed by atoms with Gasteiger partial charge in [0.1, 0.15) is 0 Å². The molecule has 2 heteroatoms. The van der Waals surface area contributed by atoms with Crippen LogP contribution in [0.3, 0.4) is 0 Å². The molecule has 1 nitrogen and oxygen atoms in total. The predicted octanol–water partition coefficient (Wildman–Crippen LogP) is 3.05. The highest BCUT2D eigenvalue weighted by Crippen LogP contribution is 2.33. The van der Waals surface area contributed by atoms with Crippen molar-refractivity contribution >= 4 is 11.8 Å². The third-order valence-corrected chi connectivity index (χ3v) is 4.70. The van der Waals surface area contributed by atoms with Gasteiger partial charge >= 0.3 is 0 Å². The average molecular weight is 201 g/mol. The van der Waals surface area contributed by atoms with E-state index in [-0.39, 0.29) is 0 Å². The lowest BCUT2D eigenvalue weighted by atomic mass is 10.2. The first-order chi connectivity index (χ1) is 6.27. The molecule has 13 heavy (non-hydrogen) atoms. The molecule has 0 aliphatic heterocycles. The molecule has 78 valence electrons. The molecule has 0 aromatic carbocycles. The number of thioether (sulfide) groups is 1. The van der Waals surface area contributed by atoms with Gasteiger partial charge in [-0.25, -0.2) is 0 Å². The van der Waals surface area contributed by atoms with Crippen LogP contribution in [-0.4, -0.2) is 23.6 Å². The molecule has 1 aliphatic rings. The Morgan fingerprint density at radius 2 is 2.00 bits per heavy atom. The van der Waals surface area contributed by atoms with Crippen molar-refractivity contribution < 1.29 is 0 Å². The van der Waals surface area contributed by atoms with Gasteiger partial charge in [0.05, 0.1) is 0 Å². The van der Waals surface area contributed by atoms with Gasteiger partial charge in [-0.2, -0.15) is 11.8 Å². The van der Waals surface area contributed by atoms with Gasteiger partial charge in [-0.1, -0.05) is 26.7 Å². The topological polar surface area (TPSA) is 12.0 Å². The molecule has 2 atom stereocenters. The van der Waals surface area contributed by atoms with Crippen molar-refractivity contribution in [2.45, 2.75) is 62.5 Å². The summed E-state index contributed by atoms with van der Waals surface area (Å²) in [5.74, 6) is 0. The van der Waals surface area contributed by atoms with Crippen molar-refractivity contribution in [1.82, 2.24) is 5.32 Å². The molecular formula is C11H23NS. The van der Waals surface area contributed by atoms with E-state index in [0.29, 0.717) is 6.04 Å². The van der Waals surface area contributed by atoms with Crippen LogP contribution >= 0.6 is 11.8 Å². The SMILES string of the molecule is CCC(NC)C(C)SC1CCCC1. The lowest BCUT2D eigenvalue weighted by Crippen LogP contribution is -2.34. The number of rotatable bonds is 5. The molecule has 1 N–H and O–H groups in total. The molecule has 0 aromatic heterocycles. The molecule has 2 unspecified atom stereocenters. The number of nitrogens with one attached hydrogen (secondary N) is 1. The Kier molecular flexibility index (Phi) is 5.18. The summed E-state index contributed by atoms with van der Waals surface area (Å²) in [5.41, 5.74) is 0. The summed E-state index contributed by atoms with van der Waals surface area (Å²) in [6, 6.07) is 0.700. The Bertz CT molecular complexity index is 128. The fraction of sp³-hybridized carbons (Fsp3) is 1.00. The van der Waals surface area contributed by atoms with Crippen molar-refractivity contribution in [3.05, 3.63) is 0 Å². The summed E-state index contributed by atoms with van der Waals surface area (Å²) >= 11 is 2.20. The van der Waals surface area contributed by atoms with Crippen LogP contribution in [-0.2, 0) is 0 Å². The summed E-state index contributed by atoms with van der Waals surface area (Å²) in [7, 11) is 2.08. The largest absolute Gasteiger partial charge is 0.316 e. The smallest absolute Gasteiger partial charge is 0.0178 e. The van der Waals surface area contributed by atoms with Crippen molar-refractivity contribution in [3.63, 3.8) is 0 Å². The minimum Gasteiger partial charge on any atom is -0.316 e. The van der Waals surface area contributed by atoms with Crippen LogP contribution in [0.2, 0.25) is 0 Å². The number of hydrogen-bond donors (Lipinski definition) is 1. The van der Waals surface area contributed by atoms with Crippen LogP contribution in [0, 0.1) is 0 Å². The molecule has 0 bridgehead atoms. The second-order valence-corrected chi connectivity index (χ2v) is 5.73. The normalized spacial score (nSPS) is 23.3. The molecule has 0 saturated heterocycles. The molecule has 1 fully saturated rings. The zero-order valence-corrected chi connectivity index (χ0v) is 9.99. The predicted molar refractivity (Wildman–Crippen MR) is 62.4 cm³/mol. The maximum absolute atomic E-state index is 3.40. The van der Waals surface area contributed by atoms with E-state index in [1.165, 1.54) is 32.1 Å². The molecular weight excluding hydrogens is 178 g/mol. The van der Waals surface area contributed by atoms with Gasteiger partial charge in [0, 0.05) is 16.5 Å². The average Bonchev–Trinajstić information content (AvgIpc) is 2.59. The van der Waals surface area contributed by atoms with Crippen LogP contribution in [0.15, 0.2) is 0 Å². The van der Waals surface area contributed by atoms with Gasteiger partial charge in [-0.15, -0.1) is 0 Å². The quantitative estimate of drug-likeness (QED) is 0.734. The van der Waals surface area contributed by atoms with Gasteiger partial charge in [0.25, 0.3) is 0 Å². The van der Waals surface area contributed by atoms with E-state index in [1.807, 2.05) is 0 Å². The van der Waals surface area contributed by atoms with E-state index in [2.05, 4.69) is 38.0 Å². The Balaban J connectivity index is 2.25. The van der Waals surface area contributed by atoms with Crippen molar-refractivity contribution in [1.29, 1.82) is 0 Å². The van der Waals surface area contributed by atoms with E-state index in [0.717, 1.165) is 10.5 Å². The monoisotopic (exact) mass is 201 g/mol. The first-order valence-corrected chi connectivity index (χ1v) is 6.55. The number of hydrogen-bond acceptors (Lipinski definition) is 2. The van der Waals surface area contributed by atoms with Crippen LogP contribution in [0.4, 0.5) is 0 Å². The maximum atomic E-state index is 3.40. The second-order valence-electron chi connectivity index (χ2n) is 4.05. The molecule has 0 spiro atoms. The first-order valence-electron chi connectivity index (χ1n) is 5.60. The zero-order valence-electron chi connectivity index (χ0n) is 9.18. The standard InChI is InChI=1S/C11H23NS/c1-4-11(12-3)9(2)13-10-7-5-6-8-10/h9-12H,4-8H2,1-3H3. The minimum atomic E-state index is 0.700. The fourth-order valence-corrected chi connectivity index (χ4v) is 3.92. The molecule has 0 heterocycles. The summed E-state index contributed by atoms with van der Waals surface area (Å²) in [6.45, 7) is 4.64. The van der Waals surface area contributed by atoms with Crippen molar-refractivity contribution in [3.8, 4) is 0 Å². The molecule has 1 rings (SSSR count). The van der Waals surface area contributed by atoms with Crippen LogP contribution < -0.4 is 5.32 Å². The molecule has 1 aliphatic carbocycles. The highest BCUT2D eigenvalue weighted by Gasteiger charge is 2.21. The summed E-state index contributed by atoms with van der Waals surface area (Å²) in [5, 5.41) is 5.14. The van der Waals surface area contributed by atoms with Gasteiger partial charge < -0.3 is 5.32 Å². The van der Waals surface area contributed by atoms with Gasteiger partial charge in [0.15, 0.2) is 0 Å². The van der Waals surface area contributed by atoms with E-state index < -0.39 is 0 Å². The Labute approximate surface area is 87.1 Å². The Hall–Kier alpha value is 0.310.